The molecular formula is C12H14BrN5. The third kappa shape index (κ3) is 2.46. The monoisotopic (exact) mass is 307 g/mol. The summed E-state index contributed by atoms with van der Waals surface area (Å²) in [7, 11) is 0. The van der Waals surface area contributed by atoms with Crippen molar-refractivity contribution >= 4 is 27.4 Å². The fourth-order valence-electron chi connectivity index (χ4n) is 1.83. The summed E-state index contributed by atoms with van der Waals surface area (Å²) in [6.07, 6.45) is 5.49. The van der Waals surface area contributed by atoms with E-state index in [0.29, 0.717) is 6.54 Å². The Morgan fingerprint density at radius 2 is 2.39 bits per heavy atom. The van der Waals surface area contributed by atoms with Crippen LogP contribution in [0.2, 0.25) is 0 Å². The Labute approximate surface area is 114 Å². The molecule has 94 valence electrons. The molecule has 1 unspecified atom stereocenters. The van der Waals surface area contributed by atoms with Gasteiger partial charge in [0.1, 0.15) is 4.60 Å². The fraction of sp³-hybridized carbons (Fsp3) is 0.417. The first-order valence-corrected chi connectivity index (χ1v) is 6.58. The Hall–Kier alpha value is -1.61. The molecule has 0 N–H and O–H groups in total. The van der Waals surface area contributed by atoms with Crippen molar-refractivity contribution in [3.05, 3.63) is 23.2 Å². The molecule has 0 aromatic carbocycles. The van der Waals surface area contributed by atoms with Gasteiger partial charge in [0.25, 0.3) is 0 Å². The molecule has 2 rings (SSSR count). The standard InChI is InChI=1S/C12H14BrN5/c1-3-17(7-9(2)6-14)12-11-15-4-5-18(11)8-10(13)16-12/h4-5,8-9H,3,7H2,1-2H3. The van der Waals surface area contributed by atoms with Gasteiger partial charge in [-0.15, -0.1) is 0 Å². The van der Waals surface area contributed by atoms with Gasteiger partial charge in [-0.2, -0.15) is 5.26 Å². The number of aromatic nitrogens is 3. The van der Waals surface area contributed by atoms with Crippen LogP contribution in [0.5, 0.6) is 0 Å². The van der Waals surface area contributed by atoms with E-state index in [1.807, 2.05) is 30.6 Å². The van der Waals surface area contributed by atoms with E-state index in [4.69, 9.17) is 5.26 Å². The minimum absolute atomic E-state index is 0.0410. The van der Waals surface area contributed by atoms with Crippen LogP contribution in [-0.2, 0) is 0 Å². The van der Waals surface area contributed by atoms with Crippen molar-refractivity contribution in [2.45, 2.75) is 13.8 Å². The summed E-state index contributed by atoms with van der Waals surface area (Å²) in [5, 5.41) is 8.93. The lowest BCUT2D eigenvalue weighted by Gasteiger charge is -2.23. The van der Waals surface area contributed by atoms with Crippen LogP contribution in [0.4, 0.5) is 5.82 Å². The van der Waals surface area contributed by atoms with Crippen LogP contribution in [0.25, 0.3) is 5.65 Å². The Morgan fingerprint density at radius 3 is 3.06 bits per heavy atom. The zero-order chi connectivity index (χ0) is 13.1. The number of imidazole rings is 1. The molecule has 6 heteroatoms. The zero-order valence-electron chi connectivity index (χ0n) is 10.3. The average molecular weight is 308 g/mol. The first-order valence-electron chi connectivity index (χ1n) is 5.79. The van der Waals surface area contributed by atoms with Crippen molar-refractivity contribution in [1.29, 1.82) is 5.26 Å². The molecule has 0 aliphatic carbocycles. The van der Waals surface area contributed by atoms with E-state index in [9.17, 15) is 0 Å². The van der Waals surface area contributed by atoms with Gasteiger partial charge >= 0.3 is 0 Å². The SMILES string of the molecule is CCN(CC(C)C#N)c1nc(Br)cn2ccnc12. The number of fused-ring (bicyclic) bond motifs is 1. The molecule has 0 aliphatic heterocycles. The van der Waals surface area contributed by atoms with E-state index in [1.165, 1.54) is 0 Å². The summed E-state index contributed by atoms with van der Waals surface area (Å²) >= 11 is 3.40. The van der Waals surface area contributed by atoms with Crippen molar-refractivity contribution in [2.75, 3.05) is 18.0 Å². The molecule has 0 amide bonds. The van der Waals surface area contributed by atoms with Crippen molar-refractivity contribution < 1.29 is 0 Å². The molecule has 0 bridgehead atoms. The highest BCUT2D eigenvalue weighted by atomic mass is 79.9. The van der Waals surface area contributed by atoms with Gasteiger partial charge in [-0.1, -0.05) is 0 Å². The molecule has 5 nitrogen and oxygen atoms in total. The highest BCUT2D eigenvalue weighted by Crippen LogP contribution is 2.21. The second-order valence-electron chi connectivity index (χ2n) is 4.11. The Balaban J connectivity index is 2.44. The maximum atomic E-state index is 8.93. The van der Waals surface area contributed by atoms with Crippen LogP contribution in [0.1, 0.15) is 13.8 Å². The minimum atomic E-state index is -0.0410. The van der Waals surface area contributed by atoms with Gasteiger partial charge < -0.3 is 9.30 Å². The fourth-order valence-corrected chi connectivity index (χ4v) is 2.22. The lowest BCUT2D eigenvalue weighted by molar-refractivity contribution is 0.679. The van der Waals surface area contributed by atoms with Gasteiger partial charge in [0, 0.05) is 31.7 Å². The van der Waals surface area contributed by atoms with E-state index in [2.05, 4.69) is 36.9 Å². The highest BCUT2D eigenvalue weighted by molar-refractivity contribution is 9.10. The summed E-state index contributed by atoms with van der Waals surface area (Å²) in [5.41, 5.74) is 0.810. The molecule has 0 saturated heterocycles. The maximum absolute atomic E-state index is 8.93. The molecule has 0 spiro atoms. The van der Waals surface area contributed by atoms with Gasteiger partial charge in [-0.05, 0) is 29.8 Å². The number of rotatable bonds is 4. The number of halogens is 1. The Morgan fingerprint density at radius 1 is 1.61 bits per heavy atom. The molecule has 2 aromatic heterocycles. The highest BCUT2D eigenvalue weighted by Gasteiger charge is 2.15. The molecule has 0 aliphatic rings. The Kier molecular flexibility index (Phi) is 3.82. The summed E-state index contributed by atoms with van der Waals surface area (Å²) < 4.78 is 2.68. The van der Waals surface area contributed by atoms with Gasteiger partial charge in [-0.25, -0.2) is 9.97 Å². The van der Waals surface area contributed by atoms with Crippen LogP contribution in [0.3, 0.4) is 0 Å². The normalized spacial score (nSPS) is 12.3. The van der Waals surface area contributed by atoms with Crippen molar-refractivity contribution in [1.82, 2.24) is 14.4 Å². The van der Waals surface area contributed by atoms with E-state index in [-0.39, 0.29) is 5.92 Å². The van der Waals surface area contributed by atoms with Crippen molar-refractivity contribution in [3.8, 4) is 6.07 Å². The first-order chi connectivity index (χ1) is 8.65. The molecule has 1 atom stereocenters. The molecule has 2 aromatic rings. The maximum Gasteiger partial charge on any atom is 0.180 e. The van der Waals surface area contributed by atoms with Gasteiger partial charge in [0.15, 0.2) is 11.5 Å². The molecule has 0 radical (unpaired) electrons. The predicted molar refractivity (Wildman–Crippen MR) is 73.4 cm³/mol. The topological polar surface area (TPSA) is 57.2 Å². The number of hydrogen-bond acceptors (Lipinski definition) is 4. The lowest BCUT2D eigenvalue weighted by atomic mass is 10.2. The predicted octanol–water partition coefficient (Wildman–Crippen LogP) is 2.48. The third-order valence-electron chi connectivity index (χ3n) is 2.72. The molecule has 18 heavy (non-hydrogen) atoms. The largest absolute Gasteiger partial charge is 0.352 e. The zero-order valence-corrected chi connectivity index (χ0v) is 11.9. The quantitative estimate of drug-likeness (QED) is 0.870. The first kappa shape index (κ1) is 12.8. The van der Waals surface area contributed by atoms with Crippen LogP contribution >= 0.6 is 15.9 Å². The van der Waals surface area contributed by atoms with E-state index in [1.54, 1.807) is 6.20 Å². The van der Waals surface area contributed by atoms with Gasteiger partial charge in [0.05, 0.1) is 12.0 Å². The van der Waals surface area contributed by atoms with Crippen LogP contribution in [0.15, 0.2) is 23.2 Å². The lowest BCUT2D eigenvalue weighted by Crippen LogP contribution is -2.29. The summed E-state index contributed by atoms with van der Waals surface area (Å²) in [5.74, 6) is 0.764. The molecule has 0 saturated carbocycles. The smallest absolute Gasteiger partial charge is 0.180 e. The number of nitriles is 1. The van der Waals surface area contributed by atoms with Crippen LogP contribution < -0.4 is 4.90 Å². The molecule has 0 fully saturated rings. The van der Waals surface area contributed by atoms with Crippen LogP contribution in [0, 0.1) is 17.2 Å². The van der Waals surface area contributed by atoms with Gasteiger partial charge in [0.2, 0.25) is 0 Å². The third-order valence-corrected chi connectivity index (χ3v) is 3.10. The second-order valence-corrected chi connectivity index (χ2v) is 4.93. The minimum Gasteiger partial charge on any atom is -0.352 e. The van der Waals surface area contributed by atoms with E-state index < -0.39 is 0 Å². The van der Waals surface area contributed by atoms with Crippen molar-refractivity contribution in [3.63, 3.8) is 0 Å². The second kappa shape index (κ2) is 5.36. The summed E-state index contributed by atoms with van der Waals surface area (Å²) in [6.45, 7) is 5.40. The van der Waals surface area contributed by atoms with Crippen molar-refractivity contribution in [2.24, 2.45) is 5.92 Å². The number of nitrogens with zero attached hydrogens (tertiary/aromatic N) is 5. The number of anilines is 1. The average Bonchev–Trinajstić information content (AvgIpc) is 2.82. The summed E-state index contributed by atoms with van der Waals surface area (Å²) in [4.78, 5) is 10.9. The van der Waals surface area contributed by atoms with E-state index >= 15 is 0 Å². The van der Waals surface area contributed by atoms with Gasteiger partial charge in [-0.3, -0.25) is 0 Å². The molecule has 2 heterocycles. The number of hydrogen-bond donors (Lipinski definition) is 0. The molecular weight excluding hydrogens is 294 g/mol. The Bertz CT molecular complexity index is 586. The van der Waals surface area contributed by atoms with E-state index in [0.717, 1.165) is 22.6 Å². The summed E-state index contributed by atoms with van der Waals surface area (Å²) in [6, 6.07) is 2.25. The van der Waals surface area contributed by atoms with Crippen LogP contribution in [-0.4, -0.2) is 27.5 Å².